The quantitative estimate of drug-likeness (QED) is 0.235. The van der Waals surface area contributed by atoms with Crippen LogP contribution in [0.3, 0.4) is 0 Å². The first-order chi connectivity index (χ1) is 8.95. The highest BCUT2D eigenvalue weighted by molar-refractivity contribution is 7.80. The minimum atomic E-state index is -0.698. The van der Waals surface area contributed by atoms with Crippen LogP contribution in [0.15, 0.2) is 12.1 Å². The van der Waals surface area contributed by atoms with Crippen molar-refractivity contribution in [3.8, 4) is 11.5 Å². The minimum absolute atomic E-state index is 0.0227. The first-order valence-electron chi connectivity index (χ1n) is 5.24. The van der Waals surface area contributed by atoms with Gasteiger partial charge in [0, 0.05) is 6.07 Å². The van der Waals surface area contributed by atoms with Crippen LogP contribution in [0.5, 0.6) is 11.5 Å². The van der Waals surface area contributed by atoms with Gasteiger partial charge >= 0.3 is 5.69 Å². The van der Waals surface area contributed by atoms with Crippen LogP contribution in [-0.4, -0.2) is 28.0 Å². The van der Waals surface area contributed by atoms with Crippen molar-refractivity contribution in [3.05, 3.63) is 27.8 Å². The zero-order valence-electron chi connectivity index (χ0n) is 10.0. The number of hydrogen-bond donors (Lipinski definition) is 4. The second-order valence-electron chi connectivity index (χ2n) is 3.35. The summed E-state index contributed by atoms with van der Waals surface area (Å²) in [5.74, 6) is -0.480. The van der Waals surface area contributed by atoms with E-state index in [4.69, 9.17) is 10.5 Å². The molecule has 9 heteroatoms. The van der Waals surface area contributed by atoms with Gasteiger partial charge in [0.1, 0.15) is 0 Å². The maximum atomic E-state index is 10.8. The molecule has 0 bridgehead atoms. The fraction of sp³-hybridized carbons (Fsp3) is 0.200. The molecule has 0 aliphatic heterocycles. The summed E-state index contributed by atoms with van der Waals surface area (Å²) in [4.78, 5) is 10.1. The Morgan fingerprint density at radius 1 is 1.74 bits per heavy atom. The first kappa shape index (κ1) is 14.6. The molecule has 0 atom stereocenters. The number of thiocarbonyl (C=S) groups is 1. The molecule has 0 heterocycles. The van der Waals surface area contributed by atoms with E-state index in [0.717, 1.165) is 0 Å². The zero-order valence-corrected chi connectivity index (χ0v) is 10.9. The number of hydrazone groups is 1. The van der Waals surface area contributed by atoms with Crippen molar-refractivity contribution in [2.45, 2.75) is 6.92 Å². The summed E-state index contributed by atoms with van der Waals surface area (Å²) in [5, 5.41) is 23.1. The van der Waals surface area contributed by atoms with Gasteiger partial charge in [-0.25, -0.2) is 0 Å². The third-order valence-corrected chi connectivity index (χ3v) is 2.11. The highest BCUT2D eigenvalue weighted by Gasteiger charge is 2.20. The van der Waals surface area contributed by atoms with Gasteiger partial charge in [-0.2, -0.15) is 0 Å². The van der Waals surface area contributed by atoms with E-state index in [9.17, 15) is 15.2 Å². The molecule has 1 aromatic rings. The molecule has 0 unspecified atom stereocenters. The summed E-state index contributed by atoms with van der Waals surface area (Å²) < 4.78 is 5.12. The average Bonchev–Trinajstić information content (AvgIpc) is 2.32. The molecule has 0 spiro atoms. The summed E-state index contributed by atoms with van der Waals surface area (Å²) in [6.45, 7) is 1.97. The van der Waals surface area contributed by atoms with Crippen LogP contribution in [-0.2, 0) is 0 Å². The second kappa shape index (κ2) is 6.50. The van der Waals surface area contributed by atoms with E-state index < -0.39 is 16.4 Å². The SMILES string of the molecule is CCOc1cc(/C=[NH+]/NC(N)=S)cc([N+](=O)[O-])c1O. The van der Waals surface area contributed by atoms with Crippen LogP contribution in [0.1, 0.15) is 12.5 Å². The maximum absolute atomic E-state index is 10.8. The lowest BCUT2D eigenvalue weighted by molar-refractivity contribution is -0.499. The molecule has 0 aromatic heterocycles. The van der Waals surface area contributed by atoms with Gasteiger partial charge in [-0.15, -0.1) is 10.5 Å². The van der Waals surface area contributed by atoms with Crippen molar-refractivity contribution in [1.29, 1.82) is 0 Å². The topological polar surface area (TPSA) is 125 Å². The lowest BCUT2D eigenvalue weighted by Crippen LogP contribution is -2.82. The summed E-state index contributed by atoms with van der Waals surface area (Å²) in [7, 11) is 0. The predicted octanol–water partition coefficient (Wildman–Crippen LogP) is -1.05. The number of phenols is 1. The van der Waals surface area contributed by atoms with Crippen molar-refractivity contribution in [2.24, 2.45) is 5.73 Å². The molecule has 102 valence electrons. The molecule has 0 aliphatic rings. The molecule has 0 fully saturated rings. The van der Waals surface area contributed by atoms with E-state index in [2.05, 4.69) is 22.7 Å². The number of ether oxygens (including phenoxy) is 1. The summed E-state index contributed by atoms with van der Waals surface area (Å²) in [6.07, 6.45) is 1.40. The molecular weight excluding hydrogens is 272 g/mol. The first-order valence-corrected chi connectivity index (χ1v) is 5.65. The van der Waals surface area contributed by atoms with Crippen LogP contribution in [0.25, 0.3) is 0 Å². The Morgan fingerprint density at radius 2 is 2.42 bits per heavy atom. The van der Waals surface area contributed by atoms with Crippen LogP contribution in [0.2, 0.25) is 0 Å². The number of benzene rings is 1. The smallest absolute Gasteiger partial charge is 0.315 e. The molecule has 0 saturated heterocycles. The normalized spacial score (nSPS) is 10.4. The number of phenolic OH excluding ortho intramolecular Hbond substituents is 1. The van der Waals surface area contributed by atoms with E-state index >= 15 is 0 Å². The van der Waals surface area contributed by atoms with Gasteiger partial charge in [0.05, 0.1) is 17.1 Å². The molecule has 1 aromatic carbocycles. The van der Waals surface area contributed by atoms with Gasteiger partial charge in [0.2, 0.25) is 10.9 Å². The van der Waals surface area contributed by atoms with Crippen LogP contribution in [0, 0.1) is 10.1 Å². The van der Waals surface area contributed by atoms with Crippen molar-refractivity contribution in [2.75, 3.05) is 6.61 Å². The van der Waals surface area contributed by atoms with Gasteiger partial charge < -0.3 is 15.6 Å². The number of nitrogens with zero attached hydrogens (tertiary/aromatic N) is 1. The standard InChI is InChI=1S/C10H12N4O4S/c1-2-18-8-4-6(5-12-13-10(11)19)3-7(9(8)15)14(16)17/h3-5,15H,2H2,1H3,(H3,11,13,19)/p+1/b12-5+. The third-order valence-electron chi connectivity index (χ3n) is 2.01. The molecule has 0 amide bonds. The van der Waals surface area contributed by atoms with Gasteiger partial charge in [-0.05, 0) is 25.2 Å². The number of nitro benzene ring substituents is 1. The molecule has 1 rings (SSSR count). The number of aromatic hydroxyl groups is 1. The number of nitro groups is 1. The fourth-order valence-electron chi connectivity index (χ4n) is 1.29. The highest BCUT2D eigenvalue weighted by Crippen LogP contribution is 2.36. The highest BCUT2D eigenvalue weighted by atomic mass is 32.1. The van der Waals surface area contributed by atoms with Crippen LogP contribution < -0.4 is 21.0 Å². The molecule has 19 heavy (non-hydrogen) atoms. The Balaban J connectivity index is 3.14. The van der Waals surface area contributed by atoms with E-state index in [0.29, 0.717) is 5.56 Å². The summed E-state index contributed by atoms with van der Waals surface area (Å²) >= 11 is 4.58. The van der Waals surface area contributed by atoms with Crippen molar-refractivity contribution in [1.82, 2.24) is 5.43 Å². The van der Waals surface area contributed by atoms with Crippen LogP contribution >= 0.6 is 12.2 Å². The van der Waals surface area contributed by atoms with E-state index in [1.807, 2.05) is 0 Å². The van der Waals surface area contributed by atoms with Gasteiger partial charge in [-0.3, -0.25) is 10.1 Å². The van der Waals surface area contributed by atoms with Gasteiger partial charge in [0.25, 0.3) is 0 Å². The average molecular weight is 285 g/mol. The summed E-state index contributed by atoms with van der Waals surface area (Å²) in [6, 6.07) is 2.63. The van der Waals surface area contributed by atoms with Crippen LogP contribution in [0.4, 0.5) is 5.69 Å². The number of hydrogen-bond acceptors (Lipinski definition) is 5. The fourth-order valence-corrected chi connectivity index (χ4v) is 1.35. The molecule has 0 radical (unpaired) electrons. The molecule has 0 saturated carbocycles. The third kappa shape index (κ3) is 4.07. The van der Waals surface area contributed by atoms with E-state index in [-0.39, 0.29) is 17.5 Å². The Morgan fingerprint density at radius 3 is 2.95 bits per heavy atom. The van der Waals surface area contributed by atoms with Crippen molar-refractivity contribution < 1.29 is 19.9 Å². The minimum Gasteiger partial charge on any atom is -0.500 e. The largest absolute Gasteiger partial charge is 0.500 e. The Labute approximate surface area is 114 Å². The number of hydrazine groups is 1. The number of nitrogens with one attached hydrogen (secondary N) is 2. The number of rotatable bonds is 5. The monoisotopic (exact) mass is 285 g/mol. The van der Waals surface area contributed by atoms with Crippen molar-refractivity contribution in [3.63, 3.8) is 0 Å². The summed E-state index contributed by atoms with van der Waals surface area (Å²) in [5.41, 5.74) is 7.60. The number of nitrogens with two attached hydrogens (primary N) is 1. The Kier molecular flexibility index (Phi) is 5.01. The van der Waals surface area contributed by atoms with E-state index in [1.54, 1.807) is 6.92 Å². The lowest BCUT2D eigenvalue weighted by atomic mass is 10.2. The van der Waals surface area contributed by atoms with Gasteiger partial charge in [0.15, 0.2) is 12.0 Å². The molecule has 5 N–H and O–H groups in total. The Hall–Kier alpha value is -2.42. The predicted molar refractivity (Wildman–Crippen MR) is 72.0 cm³/mol. The lowest BCUT2D eigenvalue weighted by Gasteiger charge is -2.06. The maximum Gasteiger partial charge on any atom is 0.315 e. The Bertz CT molecular complexity index is 533. The second-order valence-corrected chi connectivity index (χ2v) is 3.79. The molecular formula is C10H13N4O4S+. The zero-order chi connectivity index (χ0) is 14.4. The van der Waals surface area contributed by atoms with Crippen molar-refractivity contribution >= 4 is 29.2 Å². The van der Waals surface area contributed by atoms with Gasteiger partial charge in [-0.1, -0.05) is 0 Å². The molecule has 0 aliphatic carbocycles. The molecule has 8 nitrogen and oxygen atoms in total. The van der Waals surface area contributed by atoms with E-state index in [1.165, 1.54) is 18.3 Å².